The average Bonchev–Trinajstić information content (AvgIpc) is 3.73. The van der Waals surface area contributed by atoms with Crippen LogP contribution in [0.15, 0.2) is 0 Å². The summed E-state index contributed by atoms with van der Waals surface area (Å²) in [6.07, 6.45) is 14.0. The van der Waals surface area contributed by atoms with Gasteiger partial charge in [0, 0.05) is 54.8 Å². The molecule has 6 aliphatic rings. The smallest absolute Gasteiger partial charge is 0.146 e. The summed E-state index contributed by atoms with van der Waals surface area (Å²) in [6, 6.07) is 0. The van der Waals surface area contributed by atoms with Gasteiger partial charge in [0.15, 0.2) is 0 Å². The number of ketones is 2. The number of methoxy groups -OCH3 is 3. The van der Waals surface area contributed by atoms with Crippen molar-refractivity contribution >= 4 is 11.6 Å². The van der Waals surface area contributed by atoms with E-state index in [0.717, 1.165) is 77.0 Å². The highest BCUT2D eigenvalue weighted by Crippen LogP contribution is 2.70. The van der Waals surface area contributed by atoms with Crippen LogP contribution in [-0.4, -0.2) is 69.2 Å². The summed E-state index contributed by atoms with van der Waals surface area (Å²) in [5, 5.41) is 11.5. The lowest BCUT2D eigenvalue weighted by Gasteiger charge is -2.62. The van der Waals surface area contributed by atoms with Gasteiger partial charge >= 0.3 is 0 Å². The van der Waals surface area contributed by atoms with Gasteiger partial charge in [-0.2, -0.15) is 0 Å². The van der Waals surface area contributed by atoms with Crippen LogP contribution in [0.1, 0.15) is 159 Å². The standard InChI is InChI=1S/C24H42O4.C22H38O3/c1-8-11-22(4)14-19(28-15-26-6)23(5)16(2)9-12-24(17(3)21(22)25)13-10-18(27-7)20(23)24;1-7-10-20(4)13-17(23)21(5)14(2)8-11-22(15(3)19(20)24)12-9-16(25-6)18(21)22/h16-20H,8-15H2,1-7H3;14-18,23H,7-13H2,1-6H3/t16-,17+,18-,19-,20?,22-,23+,24?;14-,15+,16-,17-,18?,20-,21+,22?/m11/s1. The molecule has 4 unspecified atom stereocenters. The maximum atomic E-state index is 13.9. The van der Waals surface area contributed by atoms with E-state index in [2.05, 4.69) is 69.2 Å². The molecule has 4 bridgehead atoms. The Bertz CT molecular complexity index is 1300. The molecular weight excluding hydrogens is 664 g/mol. The van der Waals surface area contributed by atoms with E-state index in [4.69, 9.17) is 18.9 Å². The molecule has 0 aromatic carbocycles. The molecule has 0 radical (unpaired) electrons. The zero-order chi connectivity index (χ0) is 39.4. The number of Topliss-reactive ketones (excluding diaryl/α,β-unsaturated/α-hetero) is 2. The molecule has 6 saturated carbocycles. The predicted molar refractivity (Wildman–Crippen MR) is 211 cm³/mol. The molecule has 6 aliphatic carbocycles. The molecule has 6 rings (SSSR count). The molecule has 0 amide bonds. The van der Waals surface area contributed by atoms with Gasteiger partial charge in [-0.3, -0.25) is 9.59 Å². The lowest BCUT2D eigenvalue weighted by Crippen LogP contribution is -2.62. The van der Waals surface area contributed by atoms with E-state index in [1.54, 1.807) is 7.11 Å². The fraction of sp³-hybridized carbons (Fsp3) is 0.957. The van der Waals surface area contributed by atoms with Gasteiger partial charge < -0.3 is 24.1 Å². The van der Waals surface area contributed by atoms with Gasteiger partial charge in [-0.1, -0.05) is 82.1 Å². The molecule has 0 heterocycles. The Labute approximate surface area is 324 Å². The third-order valence-electron chi connectivity index (χ3n) is 18.3. The summed E-state index contributed by atoms with van der Waals surface area (Å²) in [6.45, 7) is 22.8. The van der Waals surface area contributed by atoms with Crippen molar-refractivity contribution in [1.82, 2.24) is 0 Å². The number of carbonyl (C=O) groups is 2. The summed E-state index contributed by atoms with van der Waals surface area (Å²) in [5.41, 5.74) is -0.848. The minimum atomic E-state index is -0.434. The van der Waals surface area contributed by atoms with Crippen molar-refractivity contribution in [2.75, 3.05) is 28.1 Å². The van der Waals surface area contributed by atoms with Crippen molar-refractivity contribution in [3.8, 4) is 0 Å². The maximum absolute atomic E-state index is 13.9. The number of ether oxygens (including phenoxy) is 4. The van der Waals surface area contributed by atoms with Gasteiger partial charge in [0.2, 0.25) is 0 Å². The van der Waals surface area contributed by atoms with Gasteiger partial charge in [0.25, 0.3) is 0 Å². The summed E-state index contributed by atoms with van der Waals surface area (Å²) in [4.78, 5) is 27.5. The second kappa shape index (κ2) is 15.8. The molecule has 16 atom stereocenters. The van der Waals surface area contributed by atoms with Crippen LogP contribution in [0, 0.1) is 68.0 Å². The molecule has 0 aliphatic heterocycles. The lowest BCUT2D eigenvalue weighted by atomic mass is 9.43. The monoisotopic (exact) mass is 745 g/mol. The van der Waals surface area contributed by atoms with Crippen LogP contribution in [0.25, 0.3) is 0 Å². The number of aliphatic hydroxyl groups excluding tert-OH is 1. The number of carbonyl (C=O) groups excluding carboxylic acids is 2. The van der Waals surface area contributed by atoms with Gasteiger partial charge in [-0.25, -0.2) is 0 Å². The first-order valence-electron chi connectivity index (χ1n) is 21.8. The van der Waals surface area contributed by atoms with Crippen LogP contribution in [0.2, 0.25) is 0 Å². The molecule has 0 aromatic heterocycles. The molecule has 7 nitrogen and oxygen atoms in total. The number of hydrogen-bond donors (Lipinski definition) is 1. The number of rotatable bonds is 9. The van der Waals surface area contributed by atoms with Gasteiger partial charge in [-0.15, -0.1) is 0 Å². The van der Waals surface area contributed by atoms with E-state index in [-0.39, 0.29) is 69.9 Å². The van der Waals surface area contributed by atoms with Crippen LogP contribution in [0.4, 0.5) is 0 Å². The van der Waals surface area contributed by atoms with Crippen LogP contribution in [-0.2, 0) is 28.5 Å². The first-order valence-corrected chi connectivity index (χ1v) is 21.8. The van der Waals surface area contributed by atoms with E-state index < -0.39 is 11.5 Å². The van der Waals surface area contributed by atoms with E-state index in [0.29, 0.717) is 35.7 Å². The fourth-order valence-corrected chi connectivity index (χ4v) is 15.0. The Morgan fingerprint density at radius 3 is 1.49 bits per heavy atom. The van der Waals surface area contributed by atoms with Crippen LogP contribution < -0.4 is 0 Å². The topological polar surface area (TPSA) is 91.3 Å². The normalized spacial score (nSPS) is 50.9. The number of aliphatic hydroxyl groups is 1. The highest BCUT2D eigenvalue weighted by atomic mass is 16.7. The third kappa shape index (κ3) is 6.57. The molecule has 0 aromatic rings. The van der Waals surface area contributed by atoms with Crippen molar-refractivity contribution in [3.63, 3.8) is 0 Å². The zero-order valence-electron chi connectivity index (χ0n) is 36.3. The Balaban J connectivity index is 0.000000206. The fourth-order valence-electron chi connectivity index (χ4n) is 15.0. The molecule has 0 saturated heterocycles. The molecule has 1 N–H and O–H groups in total. The van der Waals surface area contributed by atoms with Crippen molar-refractivity contribution in [3.05, 3.63) is 0 Å². The zero-order valence-corrected chi connectivity index (χ0v) is 36.3. The summed E-state index contributed by atoms with van der Waals surface area (Å²) in [5.74, 6) is 2.65. The highest BCUT2D eigenvalue weighted by molar-refractivity contribution is 5.88. The summed E-state index contributed by atoms with van der Waals surface area (Å²) < 4.78 is 23.7. The second-order valence-electron chi connectivity index (χ2n) is 20.4. The SMILES string of the molecule is CCC[C@]1(C)C[C@@H](O)[C@@]2(C)C3[C@H](OC)CCC3(CC[C@H]2C)[C@@H](C)C1=O.CCC[C@]1(C)C[C@@H](OCOC)[C@@]2(C)C3[C@H](OC)CCC3(CC[C@H]2C)[C@@H](C)C1=O. The van der Waals surface area contributed by atoms with Crippen LogP contribution >= 0.6 is 0 Å². The minimum Gasteiger partial charge on any atom is -0.393 e. The van der Waals surface area contributed by atoms with Crippen molar-refractivity contribution in [2.45, 2.75) is 184 Å². The first-order chi connectivity index (χ1) is 24.9. The minimum absolute atomic E-state index is 0.00935. The van der Waals surface area contributed by atoms with E-state index in [9.17, 15) is 14.7 Å². The summed E-state index contributed by atoms with van der Waals surface area (Å²) in [7, 11) is 5.35. The van der Waals surface area contributed by atoms with E-state index in [1.807, 2.05) is 14.2 Å². The molecule has 0 spiro atoms. The number of hydrogen-bond acceptors (Lipinski definition) is 7. The third-order valence-corrected chi connectivity index (χ3v) is 18.3. The van der Waals surface area contributed by atoms with Gasteiger partial charge in [0.05, 0.1) is 24.4 Å². The van der Waals surface area contributed by atoms with Crippen LogP contribution in [0.5, 0.6) is 0 Å². The Morgan fingerprint density at radius 2 is 1.06 bits per heavy atom. The molecule has 306 valence electrons. The molecular formula is C46H80O7. The maximum Gasteiger partial charge on any atom is 0.146 e. The Kier molecular flexibility index (Phi) is 12.9. The average molecular weight is 745 g/mol. The summed E-state index contributed by atoms with van der Waals surface area (Å²) >= 11 is 0. The predicted octanol–water partition coefficient (Wildman–Crippen LogP) is 9.85. The van der Waals surface area contributed by atoms with Crippen molar-refractivity contribution in [1.29, 1.82) is 0 Å². The second-order valence-corrected chi connectivity index (χ2v) is 20.4. The first kappa shape index (κ1) is 43.3. The van der Waals surface area contributed by atoms with Crippen LogP contribution in [0.3, 0.4) is 0 Å². The quantitative estimate of drug-likeness (QED) is 0.235. The van der Waals surface area contributed by atoms with Crippen molar-refractivity contribution < 1.29 is 33.6 Å². The van der Waals surface area contributed by atoms with Gasteiger partial charge in [0.1, 0.15) is 18.4 Å². The van der Waals surface area contributed by atoms with E-state index >= 15 is 0 Å². The lowest BCUT2D eigenvalue weighted by molar-refractivity contribution is -0.220. The Morgan fingerprint density at radius 1 is 0.642 bits per heavy atom. The van der Waals surface area contributed by atoms with E-state index in [1.165, 1.54) is 6.42 Å². The van der Waals surface area contributed by atoms with Gasteiger partial charge in [-0.05, 0) is 112 Å². The Hall–Kier alpha value is -0.860. The molecule has 6 fully saturated rings. The largest absolute Gasteiger partial charge is 0.393 e. The van der Waals surface area contributed by atoms with Crippen molar-refractivity contribution in [2.24, 2.45) is 68.0 Å². The molecule has 7 heteroatoms. The molecule has 53 heavy (non-hydrogen) atoms. The highest BCUT2D eigenvalue weighted by Gasteiger charge is 2.69.